The fourth-order valence-electron chi connectivity index (χ4n) is 2.15. The van der Waals surface area contributed by atoms with E-state index in [9.17, 15) is 0 Å². The average molecular weight is 287 g/mol. The number of hydrogen-bond acceptors (Lipinski definition) is 3. The molecular weight excluding hydrogens is 266 g/mol. The second kappa shape index (κ2) is 6.53. The molecule has 0 amide bonds. The average Bonchev–Trinajstić information content (AvgIpc) is 3.22. The maximum atomic E-state index is 5.96. The molecule has 1 unspecified atom stereocenters. The number of ether oxygens (including phenoxy) is 1. The van der Waals surface area contributed by atoms with Crippen molar-refractivity contribution in [2.75, 3.05) is 0 Å². The van der Waals surface area contributed by atoms with Crippen LogP contribution in [0.4, 0.5) is 0 Å². The molecule has 3 rings (SSSR count). The quantitative estimate of drug-likeness (QED) is 0.820. The Morgan fingerprint density at radius 1 is 1.15 bits per heavy atom. The van der Waals surface area contributed by atoms with Gasteiger partial charge in [0, 0.05) is 22.3 Å². The number of hydrogen-bond donors (Lipinski definition) is 1. The molecule has 1 aliphatic carbocycles. The second-order valence-electron chi connectivity index (χ2n) is 5.39. The molecule has 1 N–H and O–H groups in total. The van der Waals surface area contributed by atoms with Crippen molar-refractivity contribution in [3.05, 3.63) is 57.8 Å². The summed E-state index contributed by atoms with van der Waals surface area (Å²) in [6, 6.07) is 15.6. The molecule has 0 aliphatic heterocycles. The van der Waals surface area contributed by atoms with Gasteiger partial charge in [0.2, 0.25) is 0 Å². The van der Waals surface area contributed by atoms with Crippen molar-refractivity contribution in [2.24, 2.45) is 0 Å². The van der Waals surface area contributed by atoms with Gasteiger partial charge in [-0.25, -0.2) is 0 Å². The Morgan fingerprint density at radius 2 is 1.90 bits per heavy atom. The standard InChI is InChI=1S/C17H21NOS/c1-13(14-5-3-2-4-6-14)19-12-17-10-9-16(20-17)11-18-15-7-8-15/h2-6,9-10,13,15,18H,7-8,11-12H2,1H3. The lowest BCUT2D eigenvalue weighted by molar-refractivity contribution is 0.0542. The van der Waals surface area contributed by atoms with E-state index in [-0.39, 0.29) is 6.10 Å². The number of thiophene rings is 1. The summed E-state index contributed by atoms with van der Waals surface area (Å²) >= 11 is 1.85. The smallest absolute Gasteiger partial charge is 0.0817 e. The van der Waals surface area contributed by atoms with E-state index in [1.165, 1.54) is 28.2 Å². The third kappa shape index (κ3) is 3.92. The Labute approximate surface area is 124 Å². The predicted molar refractivity (Wildman–Crippen MR) is 83.8 cm³/mol. The number of nitrogens with one attached hydrogen (secondary N) is 1. The van der Waals surface area contributed by atoms with Crippen molar-refractivity contribution in [3.8, 4) is 0 Å². The van der Waals surface area contributed by atoms with Crippen LogP contribution < -0.4 is 5.32 Å². The SMILES string of the molecule is CC(OCc1ccc(CNC2CC2)s1)c1ccccc1. The molecule has 3 heteroatoms. The maximum absolute atomic E-state index is 5.96. The predicted octanol–water partition coefficient (Wildman–Crippen LogP) is 4.28. The van der Waals surface area contributed by atoms with Crippen LogP contribution in [0.5, 0.6) is 0 Å². The molecule has 2 aromatic rings. The first-order chi connectivity index (χ1) is 9.81. The summed E-state index contributed by atoms with van der Waals surface area (Å²) in [5.41, 5.74) is 1.24. The molecule has 0 bridgehead atoms. The van der Waals surface area contributed by atoms with E-state index in [2.05, 4.69) is 48.6 Å². The highest BCUT2D eigenvalue weighted by Gasteiger charge is 2.20. The number of benzene rings is 1. The summed E-state index contributed by atoms with van der Waals surface area (Å²) in [7, 11) is 0. The lowest BCUT2D eigenvalue weighted by Crippen LogP contribution is -2.14. The van der Waals surface area contributed by atoms with Crippen LogP contribution in [-0.4, -0.2) is 6.04 Å². The first-order valence-corrected chi connectivity index (χ1v) is 8.10. The molecule has 1 heterocycles. The minimum Gasteiger partial charge on any atom is -0.368 e. The first-order valence-electron chi connectivity index (χ1n) is 7.29. The third-order valence-electron chi connectivity index (χ3n) is 3.60. The molecule has 1 atom stereocenters. The molecule has 0 saturated heterocycles. The topological polar surface area (TPSA) is 21.3 Å². The molecule has 2 nitrogen and oxygen atoms in total. The van der Waals surface area contributed by atoms with Gasteiger partial charge in [0.05, 0.1) is 12.7 Å². The largest absolute Gasteiger partial charge is 0.368 e. The fraction of sp³-hybridized carbons (Fsp3) is 0.412. The molecule has 1 saturated carbocycles. The van der Waals surface area contributed by atoms with Crippen molar-refractivity contribution in [2.45, 2.75) is 45.1 Å². The van der Waals surface area contributed by atoms with Crippen molar-refractivity contribution in [1.29, 1.82) is 0 Å². The van der Waals surface area contributed by atoms with Crippen LogP contribution in [0.25, 0.3) is 0 Å². The fourth-order valence-corrected chi connectivity index (χ4v) is 3.05. The minimum atomic E-state index is 0.145. The first kappa shape index (κ1) is 13.8. The Balaban J connectivity index is 1.47. The monoisotopic (exact) mass is 287 g/mol. The summed E-state index contributed by atoms with van der Waals surface area (Å²) in [6.45, 7) is 3.81. The van der Waals surface area contributed by atoms with Crippen molar-refractivity contribution in [1.82, 2.24) is 5.32 Å². The van der Waals surface area contributed by atoms with E-state index in [0.29, 0.717) is 6.61 Å². The highest BCUT2D eigenvalue weighted by molar-refractivity contribution is 7.11. The molecule has 106 valence electrons. The van der Waals surface area contributed by atoms with Crippen LogP contribution in [0.3, 0.4) is 0 Å². The number of rotatable bonds is 7. The molecule has 0 radical (unpaired) electrons. The van der Waals surface area contributed by atoms with E-state index in [0.717, 1.165) is 12.6 Å². The Kier molecular flexibility index (Phi) is 4.51. The van der Waals surface area contributed by atoms with Crippen LogP contribution in [0, 0.1) is 0 Å². The third-order valence-corrected chi connectivity index (χ3v) is 4.66. The van der Waals surface area contributed by atoms with Gasteiger partial charge < -0.3 is 10.1 Å². The summed E-state index contributed by atoms with van der Waals surface area (Å²) in [4.78, 5) is 2.71. The Hall–Kier alpha value is -1.16. The van der Waals surface area contributed by atoms with Gasteiger partial charge in [-0.1, -0.05) is 30.3 Å². The Morgan fingerprint density at radius 3 is 2.65 bits per heavy atom. The van der Waals surface area contributed by atoms with Gasteiger partial charge in [0.25, 0.3) is 0 Å². The molecule has 20 heavy (non-hydrogen) atoms. The summed E-state index contributed by atoms with van der Waals surface area (Å²) in [6.07, 6.45) is 2.83. The zero-order valence-corrected chi connectivity index (χ0v) is 12.7. The zero-order chi connectivity index (χ0) is 13.8. The molecule has 1 aromatic carbocycles. The van der Waals surface area contributed by atoms with Crippen molar-refractivity contribution in [3.63, 3.8) is 0 Å². The van der Waals surface area contributed by atoms with Crippen LogP contribution in [0.2, 0.25) is 0 Å². The van der Waals surface area contributed by atoms with Gasteiger partial charge >= 0.3 is 0 Å². The van der Waals surface area contributed by atoms with Crippen LogP contribution >= 0.6 is 11.3 Å². The van der Waals surface area contributed by atoms with Gasteiger partial charge in [-0.05, 0) is 37.5 Å². The summed E-state index contributed by atoms with van der Waals surface area (Å²) in [5, 5.41) is 3.55. The van der Waals surface area contributed by atoms with Crippen molar-refractivity contribution < 1.29 is 4.74 Å². The molecule has 1 aliphatic rings. The molecule has 1 fully saturated rings. The van der Waals surface area contributed by atoms with Crippen LogP contribution in [0.15, 0.2) is 42.5 Å². The van der Waals surface area contributed by atoms with Gasteiger partial charge in [-0.3, -0.25) is 0 Å². The maximum Gasteiger partial charge on any atom is 0.0817 e. The van der Waals surface area contributed by atoms with Crippen LogP contribution in [0.1, 0.15) is 41.2 Å². The summed E-state index contributed by atoms with van der Waals surface area (Å²) in [5.74, 6) is 0. The van der Waals surface area contributed by atoms with E-state index in [1.54, 1.807) is 0 Å². The molecule has 0 spiro atoms. The highest BCUT2D eigenvalue weighted by Crippen LogP contribution is 2.24. The van der Waals surface area contributed by atoms with Crippen molar-refractivity contribution >= 4 is 11.3 Å². The lowest BCUT2D eigenvalue weighted by atomic mass is 10.1. The summed E-state index contributed by atoms with van der Waals surface area (Å²) < 4.78 is 5.96. The molecular formula is C17H21NOS. The minimum absolute atomic E-state index is 0.145. The van der Waals surface area contributed by atoms with E-state index in [1.807, 2.05) is 17.4 Å². The van der Waals surface area contributed by atoms with Crippen LogP contribution in [-0.2, 0) is 17.9 Å². The van der Waals surface area contributed by atoms with Gasteiger partial charge in [0.1, 0.15) is 0 Å². The lowest BCUT2D eigenvalue weighted by Gasteiger charge is -2.12. The van der Waals surface area contributed by atoms with E-state index < -0.39 is 0 Å². The Bertz CT molecular complexity index is 533. The highest BCUT2D eigenvalue weighted by atomic mass is 32.1. The normalized spacial score (nSPS) is 16.2. The zero-order valence-electron chi connectivity index (χ0n) is 11.8. The van der Waals surface area contributed by atoms with E-state index >= 15 is 0 Å². The second-order valence-corrected chi connectivity index (χ2v) is 6.64. The van der Waals surface area contributed by atoms with Gasteiger partial charge in [-0.2, -0.15) is 0 Å². The molecule has 1 aromatic heterocycles. The van der Waals surface area contributed by atoms with Gasteiger partial charge in [0.15, 0.2) is 0 Å². The van der Waals surface area contributed by atoms with Gasteiger partial charge in [-0.15, -0.1) is 11.3 Å². The van der Waals surface area contributed by atoms with E-state index in [4.69, 9.17) is 4.74 Å².